The summed E-state index contributed by atoms with van der Waals surface area (Å²) in [6.07, 6.45) is -3.68. The van der Waals surface area contributed by atoms with Gasteiger partial charge in [-0.2, -0.15) is 23.3 Å². The van der Waals surface area contributed by atoms with E-state index in [9.17, 15) is 18.0 Å². The molecule has 1 N–H and O–H groups in total. The first kappa shape index (κ1) is 22.9. The van der Waals surface area contributed by atoms with Crippen LogP contribution in [-0.4, -0.2) is 30.6 Å². The summed E-state index contributed by atoms with van der Waals surface area (Å²) in [6.45, 7) is 5.56. The quantitative estimate of drug-likeness (QED) is 0.441. The summed E-state index contributed by atoms with van der Waals surface area (Å²) in [5.41, 5.74) is 1.15. The third-order valence-corrected chi connectivity index (χ3v) is 4.68. The normalized spacial score (nSPS) is 11.4. The number of halogens is 3. The van der Waals surface area contributed by atoms with Crippen molar-refractivity contribution in [3.8, 4) is 17.4 Å². The van der Waals surface area contributed by atoms with Crippen LogP contribution in [0.5, 0.6) is 11.6 Å². The summed E-state index contributed by atoms with van der Waals surface area (Å²) in [7, 11) is 0. The Kier molecular flexibility index (Phi) is 6.01. The van der Waals surface area contributed by atoms with Gasteiger partial charge in [-0.05, 0) is 63.2 Å². The number of aryl methyl sites for hydroxylation is 3. The number of anilines is 1. The molecule has 4 rings (SSSR count). The zero-order valence-corrected chi connectivity index (χ0v) is 18.4. The fraction of sp³-hybridized carbons (Fsp3) is 0.174. The topological polar surface area (TPSA) is 94.8 Å². The van der Waals surface area contributed by atoms with Crippen LogP contribution in [-0.2, 0) is 6.18 Å². The highest BCUT2D eigenvalue weighted by Crippen LogP contribution is 2.27. The lowest BCUT2D eigenvalue weighted by molar-refractivity contribution is -0.141. The first-order valence-corrected chi connectivity index (χ1v) is 10.1. The molecule has 1 amide bonds. The number of carbonyl (C=O) groups is 1. The summed E-state index contributed by atoms with van der Waals surface area (Å²) in [4.78, 5) is 24.3. The fourth-order valence-electron chi connectivity index (χ4n) is 3.17. The van der Waals surface area contributed by atoms with Crippen LogP contribution in [0.3, 0.4) is 0 Å². The molecular formula is C23H19F3N6O2. The lowest BCUT2D eigenvalue weighted by Gasteiger charge is -2.10. The average Bonchev–Trinajstić information content (AvgIpc) is 3.12. The first-order chi connectivity index (χ1) is 16.1. The van der Waals surface area contributed by atoms with Crippen molar-refractivity contribution in [2.75, 3.05) is 5.32 Å². The van der Waals surface area contributed by atoms with Crippen LogP contribution in [0.4, 0.5) is 18.9 Å². The number of carbonyl (C=O) groups excluding carboxylic acids is 1. The second-order valence-electron chi connectivity index (χ2n) is 7.46. The van der Waals surface area contributed by atoms with Crippen molar-refractivity contribution in [2.24, 2.45) is 0 Å². The molecule has 3 heterocycles. The van der Waals surface area contributed by atoms with E-state index in [1.165, 1.54) is 0 Å². The average molecular weight is 468 g/mol. The van der Waals surface area contributed by atoms with Gasteiger partial charge in [-0.1, -0.05) is 0 Å². The number of hydrogen-bond donors (Lipinski definition) is 1. The van der Waals surface area contributed by atoms with Crippen molar-refractivity contribution >= 4 is 11.6 Å². The number of pyridine rings is 1. The predicted molar refractivity (Wildman–Crippen MR) is 117 cm³/mol. The number of alkyl halides is 3. The predicted octanol–water partition coefficient (Wildman–Crippen LogP) is 5.05. The van der Waals surface area contributed by atoms with Crippen molar-refractivity contribution in [3.05, 3.63) is 83.2 Å². The van der Waals surface area contributed by atoms with E-state index in [4.69, 9.17) is 4.74 Å². The zero-order valence-electron chi connectivity index (χ0n) is 18.4. The van der Waals surface area contributed by atoms with Gasteiger partial charge >= 0.3 is 6.18 Å². The number of nitrogens with one attached hydrogen (secondary N) is 1. The van der Waals surface area contributed by atoms with Crippen molar-refractivity contribution in [3.63, 3.8) is 0 Å². The molecule has 0 fully saturated rings. The summed E-state index contributed by atoms with van der Waals surface area (Å²) in [6, 6.07) is 11.9. The Bertz CT molecular complexity index is 1330. The maximum absolute atomic E-state index is 12.6. The van der Waals surface area contributed by atoms with Crippen molar-refractivity contribution in [1.82, 2.24) is 24.7 Å². The van der Waals surface area contributed by atoms with Crippen LogP contribution >= 0.6 is 0 Å². The van der Waals surface area contributed by atoms with E-state index in [0.29, 0.717) is 29.0 Å². The minimum atomic E-state index is -4.57. The van der Waals surface area contributed by atoms with E-state index in [2.05, 4.69) is 25.4 Å². The zero-order chi connectivity index (χ0) is 24.5. The molecule has 0 unspecified atom stereocenters. The number of aromatic nitrogens is 5. The van der Waals surface area contributed by atoms with Crippen LogP contribution in [0.25, 0.3) is 5.82 Å². The number of ether oxygens (including phenoxy) is 1. The second kappa shape index (κ2) is 8.93. The molecule has 0 bridgehead atoms. The molecule has 34 heavy (non-hydrogen) atoms. The maximum atomic E-state index is 12.6. The van der Waals surface area contributed by atoms with Crippen molar-refractivity contribution in [1.29, 1.82) is 0 Å². The Labute approximate surface area is 192 Å². The summed E-state index contributed by atoms with van der Waals surface area (Å²) < 4.78 is 45.4. The van der Waals surface area contributed by atoms with Crippen LogP contribution in [0.15, 0.2) is 54.7 Å². The molecule has 0 aliphatic heterocycles. The van der Waals surface area contributed by atoms with Gasteiger partial charge in [0.15, 0.2) is 5.82 Å². The van der Waals surface area contributed by atoms with Gasteiger partial charge in [-0.3, -0.25) is 9.78 Å². The van der Waals surface area contributed by atoms with Crippen molar-refractivity contribution < 1.29 is 22.7 Å². The summed E-state index contributed by atoms with van der Waals surface area (Å²) >= 11 is 0. The molecule has 3 aromatic heterocycles. The maximum Gasteiger partial charge on any atom is 0.433 e. The molecular weight excluding hydrogens is 449 g/mol. The molecule has 11 heteroatoms. The largest absolute Gasteiger partial charge is 0.439 e. The van der Waals surface area contributed by atoms with Crippen LogP contribution in [0, 0.1) is 20.8 Å². The van der Waals surface area contributed by atoms with Crippen LogP contribution in [0.1, 0.15) is 33.3 Å². The summed E-state index contributed by atoms with van der Waals surface area (Å²) in [5.74, 6) is 1.28. The number of nitrogens with zero attached hydrogens (tertiary/aromatic N) is 5. The molecule has 0 saturated heterocycles. The Morgan fingerprint density at radius 2 is 1.74 bits per heavy atom. The molecule has 1 aromatic carbocycles. The second-order valence-corrected chi connectivity index (χ2v) is 7.46. The molecule has 0 aliphatic carbocycles. The standard InChI is InChI=1S/C23H19F3N6O2/c1-13-10-14(2)32(31-13)20-11-21(29-15(3)28-20)34-18-7-5-17(6-8-18)30-22(33)16-4-9-19(27-12-16)23(24,25)26/h4-12H,1-3H3,(H,30,33). The van der Waals surface area contributed by atoms with E-state index in [1.807, 2.05) is 19.9 Å². The third kappa shape index (κ3) is 5.20. The van der Waals surface area contributed by atoms with Gasteiger partial charge in [0.2, 0.25) is 5.88 Å². The van der Waals surface area contributed by atoms with Gasteiger partial charge < -0.3 is 10.1 Å². The molecule has 0 spiro atoms. The molecule has 4 aromatic rings. The van der Waals surface area contributed by atoms with E-state index in [0.717, 1.165) is 29.7 Å². The smallest absolute Gasteiger partial charge is 0.433 e. The number of rotatable bonds is 5. The van der Waals surface area contributed by atoms with Gasteiger partial charge in [-0.25, -0.2) is 9.67 Å². The van der Waals surface area contributed by atoms with Crippen molar-refractivity contribution in [2.45, 2.75) is 26.9 Å². The van der Waals surface area contributed by atoms with Crippen LogP contribution < -0.4 is 10.1 Å². The van der Waals surface area contributed by atoms with E-state index < -0.39 is 17.8 Å². The van der Waals surface area contributed by atoms with Gasteiger partial charge in [-0.15, -0.1) is 0 Å². The van der Waals surface area contributed by atoms with E-state index in [1.54, 1.807) is 41.9 Å². The molecule has 174 valence electrons. The minimum absolute atomic E-state index is 0.00136. The Balaban J connectivity index is 1.45. The Hall–Kier alpha value is -4.28. The highest BCUT2D eigenvalue weighted by atomic mass is 19.4. The van der Waals surface area contributed by atoms with Gasteiger partial charge in [0, 0.05) is 23.6 Å². The lowest BCUT2D eigenvalue weighted by atomic mass is 10.2. The third-order valence-electron chi connectivity index (χ3n) is 4.68. The monoisotopic (exact) mass is 468 g/mol. The Morgan fingerprint density at radius 3 is 2.32 bits per heavy atom. The SMILES string of the molecule is Cc1cc(C)n(-c2cc(Oc3ccc(NC(=O)c4ccc(C(F)(F)F)nc4)cc3)nc(C)n2)n1. The van der Waals surface area contributed by atoms with Crippen LogP contribution in [0.2, 0.25) is 0 Å². The minimum Gasteiger partial charge on any atom is -0.439 e. The summed E-state index contributed by atoms with van der Waals surface area (Å²) in [5, 5.41) is 7.02. The van der Waals surface area contributed by atoms with E-state index in [-0.39, 0.29) is 5.56 Å². The molecule has 0 atom stereocenters. The molecule has 8 nitrogen and oxygen atoms in total. The molecule has 0 radical (unpaired) electrons. The number of hydrogen-bond acceptors (Lipinski definition) is 6. The van der Waals surface area contributed by atoms with Gasteiger partial charge in [0.25, 0.3) is 5.91 Å². The highest BCUT2D eigenvalue weighted by molar-refractivity contribution is 6.04. The Morgan fingerprint density at radius 1 is 1.00 bits per heavy atom. The fourth-order valence-corrected chi connectivity index (χ4v) is 3.17. The molecule has 0 aliphatic rings. The number of amides is 1. The molecule has 0 saturated carbocycles. The first-order valence-electron chi connectivity index (χ1n) is 10.1. The highest BCUT2D eigenvalue weighted by Gasteiger charge is 2.32. The number of benzene rings is 1. The van der Waals surface area contributed by atoms with Gasteiger partial charge in [0.1, 0.15) is 17.3 Å². The lowest BCUT2D eigenvalue weighted by Crippen LogP contribution is -2.14. The van der Waals surface area contributed by atoms with E-state index >= 15 is 0 Å². The van der Waals surface area contributed by atoms with Gasteiger partial charge in [0.05, 0.1) is 11.3 Å².